The van der Waals surface area contributed by atoms with Crippen molar-refractivity contribution in [3.63, 3.8) is 0 Å². The van der Waals surface area contributed by atoms with Crippen molar-refractivity contribution in [2.45, 2.75) is 19.0 Å². The largest absolute Gasteiger partial charge is 0.497 e. The molecule has 9 heteroatoms. The number of carbonyl (C=O) groups is 1. The molecule has 1 heterocycles. The summed E-state index contributed by atoms with van der Waals surface area (Å²) in [5.41, 5.74) is 3.37. The number of aryl methyl sites for hydroxylation is 2. The molecule has 0 fully saturated rings. The Labute approximate surface area is 166 Å². The van der Waals surface area contributed by atoms with E-state index in [-0.39, 0.29) is 11.7 Å². The number of anilines is 1. The number of amides is 1. The van der Waals surface area contributed by atoms with Crippen LogP contribution >= 0.6 is 23.4 Å². The van der Waals surface area contributed by atoms with Gasteiger partial charge in [-0.25, -0.2) is 0 Å². The minimum Gasteiger partial charge on any atom is -0.497 e. The van der Waals surface area contributed by atoms with Crippen LogP contribution in [0.25, 0.3) is 5.69 Å². The molecule has 0 atom stereocenters. The molecule has 0 aliphatic rings. The molecular weight excluding hydrogens is 386 g/mol. The summed E-state index contributed by atoms with van der Waals surface area (Å²) in [5, 5.41) is 15.6. The van der Waals surface area contributed by atoms with E-state index in [2.05, 4.69) is 20.8 Å². The molecule has 27 heavy (non-hydrogen) atoms. The molecule has 0 unspecified atom stereocenters. The maximum Gasteiger partial charge on any atom is 0.234 e. The van der Waals surface area contributed by atoms with Crippen LogP contribution in [0.1, 0.15) is 11.1 Å². The number of halogens is 1. The fourth-order valence-electron chi connectivity index (χ4n) is 2.53. The third-order valence-corrected chi connectivity index (χ3v) is 5.00. The number of ether oxygens (including phenoxy) is 1. The molecule has 0 aliphatic carbocycles. The van der Waals surface area contributed by atoms with Crippen molar-refractivity contribution in [3.05, 3.63) is 52.5 Å². The Hall–Kier alpha value is -2.58. The Kier molecular flexibility index (Phi) is 5.98. The molecule has 0 aliphatic heterocycles. The molecule has 0 radical (unpaired) electrons. The molecule has 1 N–H and O–H groups in total. The van der Waals surface area contributed by atoms with Gasteiger partial charge >= 0.3 is 0 Å². The van der Waals surface area contributed by atoms with E-state index in [1.165, 1.54) is 11.8 Å². The second-order valence-electron chi connectivity index (χ2n) is 5.85. The van der Waals surface area contributed by atoms with Crippen molar-refractivity contribution < 1.29 is 9.53 Å². The normalized spacial score (nSPS) is 10.7. The van der Waals surface area contributed by atoms with E-state index < -0.39 is 0 Å². The number of carbonyl (C=O) groups excluding carboxylic acids is 1. The number of methoxy groups -OCH3 is 1. The smallest absolute Gasteiger partial charge is 0.234 e. The van der Waals surface area contributed by atoms with Crippen LogP contribution in [-0.4, -0.2) is 39.0 Å². The molecule has 3 aromatic rings. The molecule has 3 rings (SSSR count). The molecule has 140 valence electrons. The van der Waals surface area contributed by atoms with Gasteiger partial charge in [0.2, 0.25) is 11.1 Å². The summed E-state index contributed by atoms with van der Waals surface area (Å²) in [6.45, 7) is 3.87. The molecular formula is C18H18ClN5O2S. The van der Waals surface area contributed by atoms with E-state index in [0.717, 1.165) is 22.6 Å². The van der Waals surface area contributed by atoms with E-state index in [4.69, 9.17) is 16.3 Å². The van der Waals surface area contributed by atoms with Crippen LogP contribution in [0.3, 0.4) is 0 Å². The van der Waals surface area contributed by atoms with Crippen molar-refractivity contribution in [2.24, 2.45) is 0 Å². The minimum atomic E-state index is -0.182. The van der Waals surface area contributed by atoms with E-state index >= 15 is 0 Å². The fraction of sp³-hybridized carbons (Fsp3) is 0.222. The van der Waals surface area contributed by atoms with Crippen molar-refractivity contribution in [1.29, 1.82) is 0 Å². The highest BCUT2D eigenvalue weighted by Gasteiger charge is 2.14. The molecule has 0 spiro atoms. The quantitative estimate of drug-likeness (QED) is 0.632. The summed E-state index contributed by atoms with van der Waals surface area (Å²) in [6.07, 6.45) is 0. The van der Waals surface area contributed by atoms with Gasteiger partial charge in [-0.2, -0.15) is 4.68 Å². The summed E-state index contributed by atoms with van der Waals surface area (Å²) in [4.78, 5) is 12.3. The van der Waals surface area contributed by atoms with Crippen LogP contribution in [-0.2, 0) is 4.79 Å². The number of hydrogen-bond acceptors (Lipinski definition) is 6. The highest BCUT2D eigenvalue weighted by atomic mass is 35.5. The van der Waals surface area contributed by atoms with Gasteiger partial charge in [-0.05, 0) is 65.7 Å². The Morgan fingerprint density at radius 3 is 2.67 bits per heavy atom. The molecule has 7 nitrogen and oxygen atoms in total. The minimum absolute atomic E-state index is 0.153. The topological polar surface area (TPSA) is 81.9 Å². The zero-order valence-corrected chi connectivity index (χ0v) is 16.6. The number of rotatable bonds is 6. The van der Waals surface area contributed by atoms with Crippen LogP contribution in [0.2, 0.25) is 5.02 Å². The van der Waals surface area contributed by atoms with Crippen LogP contribution in [0, 0.1) is 13.8 Å². The van der Waals surface area contributed by atoms with E-state index in [9.17, 15) is 4.79 Å². The fourth-order valence-corrected chi connectivity index (χ4v) is 3.59. The molecule has 1 amide bonds. The monoisotopic (exact) mass is 403 g/mol. The Morgan fingerprint density at radius 1 is 1.26 bits per heavy atom. The molecule has 0 saturated heterocycles. The Balaban J connectivity index is 1.67. The molecule has 0 bridgehead atoms. The summed E-state index contributed by atoms with van der Waals surface area (Å²) in [5.74, 6) is 0.712. The van der Waals surface area contributed by atoms with E-state index in [1.54, 1.807) is 11.8 Å². The molecule has 0 saturated carbocycles. The van der Waals surface area contributed by atoms with E-state index in [0.29, 0.717) is 15.9 Å². The number of tetrazole rings is 1. The summed E-state index contributed by atoms with van der Waals surface area (Å²) in [7, 11) is 1.61. The second-order valence-corrected chi connectivity index (χ2v) is 7.20. The van der Waals surface area contributed by atoms with Gasteiger partial charge in [-0.3, -0.25) is 4.79 Å². The number of aromatic nitrogens is 4. The Bertz CT molecular complexity index is 936. The van der Waals surface area contributed by atoms with Gasteiger partial charge in [0.1, 0.15) is 5.75 Å². The average molecular weight is 404 g/mol. The second kappa shape index (κ2) is 8.41. The number of hydrogen-bond donors (Lipinski definition) is 1. The van der Waals surface area contributed by atoms with Crippen LogP contribution in [0.15, 0.2) is 41.6 Å². The van der Waals surface area contributed by atoms with Crippen molar-refractivity contribution in [3.8, 4) is 11.4 Å². The zero-order chi connectivity index (χ0) is 19.4. The number of nitrogens with one attached hydrogen (secondary N) is 1. The van der Waals surface area contributed by atoms with Crippen molar-refractivity contribution in [2.75, 3.05) is 18.2 Å². The van der Waals surface area contributed by atoms with Gasteiger partial charge in [-0.1, -0.05) is 29.4 Å². The SMILES string of the molecule is COc1ccc(-n2nnnc2SCC(=O)Nc2c(C)cc(C)cc2Cl)cc1. The van der Waals surface area contributed by atoms with Gasteiger partial charge in [0.05, 0.1) is 29.3 Å². The maximum atomic E-state index is 12.3. The lowest BCUT2D eigenvalue weighted by atomic mass is 10.1. The summed E-state index contributed by atoms with van der Waals surface area (Å²) in [6, 6.07) is 11.1. The zero-order valence-electron chi connectivity index (χ0n) is 15.1. The summed E-state index contributed by atoms with van der Waals surface area (Å²) < 4.78 is 6.72. The average Bonchev–Trinajstić information content (AvgIpc) is 3.11. The van der Waals surface area contributed by atoms with Crippen LogP contribution in [0.4, 0.5) is 5.69 Å². The predicted octanol–water partition coefficient (Wildman–Crippen LogP) is 3.67. The first-order chi connectivity index (χ1) is 13.0. The maximum absolute atomic E-state index is 12.3. The van der Waals surface area contributed by atoms with Crippen LogP contribution < -0.4 is 10.1 Å². The first kappa shape index (κ1) is 19.2. The predicted molar refractivity (Wildman–Crippen MR) is 106 cm³/mol. The van der Waals surface area contributed by atoms with Gasteiger partial charge in [-0.15, -0.1) is 5.10 Å². The lowest BCUT2D eigenvalue weighted by Gasteiger charge is -2.11. The van der Waals surface area contributed by atoms with Gasteiger partial charge in [0, 0.05) is 0 Å². The van der Waals surface area contributed by atoms with E-state index in [1.807, 2.05) is 50.2 Å². The molecule has 2 aromatic carbocycles. The number of nitrogens with zero attached hydrogens (tertiary/aromatic N) is 4. The first-order valence-corrected chi connectivity index (χ1v) is 9.46. The molecule has 1 aromatic heterocycles. The van der Waals surface area contributed by atoms with Gasteiger partial charge in [0.25, 0.3) is 0 Å². The standard InChI is InChI=1S/C18H18ClN5O2S/c1-11-8-12(2)17(15(19)9-11)20-16(25)10-27-18-21-22-23-24(18)13-4-6-14(26-3)7-5-13/h4-9H,10H2,1-3H3,(H,20,25). The number of thioether (sulfide) groups is 1. The van der Waals surface area contributed by atoms with Gasteiger partial charge < -0.3 is 10.1 Å². The lowest BCUT2D eigenvalue weighted by Crippen LogP contribution is -2.16. The third kappa shape index (κ3) is 4.58. The van der Waals surface area contributed by atoms with Gasteiger partial charge in [0.15, 0.2) is 0 Å². The summed E-state index contributed by atoms with van der Waals surface area (Å²) >= 11 is 7.48. The van der Waals surface area contributed by atoms with Crippen LogP contribution in [0.5, 0.6) is 5.75 Å². The lowest BCUT2D eigenvalue weighted by molar-refractivity contribution is -0.113. The number of benzene rings is 2. The van der Waals surface area contributed by atoms with Crippen molar-refractivity contribution in [1.82, 2.24) is 20.2 Å². The third-order valence-electron chi connectivity index (χ3n) is 3.79. The van der Waals surface area contributed by atoms with Crippen molar-refractivity contribution >= 4 is 35.0 Å². The first-order valence-electron chi connectivity index (χ1n) is 8.10. The Morgan fingerprint density at radius 2 is 2.00 bits per heavy atom. The highest BCUT2D eigenvalue weighted by Crippen LogP contribution is 2.28. The highest BCUT2D eigenvalue weighted by molar-refractivity contribution is 7.99.